The van der Waals surface area contributed by atoms with Crippen LogP contribution in [0.25, 0.3) is 0 Å². The Balaban J connectivity index is 1.47. The second-order valence-electron chi connectivity index (χ2n) is 7.86. The van der Waals surface area contributed by atoms with E-state index in [0.29, 0.717) is 11.8 Å². The van der Waals surface area contributed by atoms with Gasteiger partial charge in [0.15, 0.2) is 0 Å². The minimum Gasteiger partial charge on any atom is -0.497 e. The Morgan fingerprint density at radius 3 is 2.65 bits per heavy atom. The number of rotatable bonds is 8. The average Bonchev–Trinajstić information content (AvgIpc) is 3.44. The molecule has 162 valence electrons. The van der Waals surface area contributed by atoms with E-state index in [9.17, 15) is 4.79 Å². The number of amides is 1. The van der Waals surface area contributed by atoms with Crippen LogP contribution in [0.1, 0.15) is 17.7 Å². The molecular formula is C24H28N4O2S. The average molecular weight is 437 g/mol. The van der Waals surface area contributed by atoms with Crippen molar-refractivity contribution in [3.05, 3.63) is 78.1 Å². The summed E-state index contributed by atoms with van der Waals surface area (Å²) in [5.74, 6) is 1.01. The first kappa shape index (κ1) is 21.5. The number of nitrogens with zero attached hydrogens (tertiary/aromatic N) is 3. The van der Waals surface area contributed by atoms with E-state index in [1.807, 2.05) is 43.1 Å². The highest BCUT2D eigenvalue weighted by atomic mass is 32.2. The third-order valence-electron chi connectivity index (χ3n) is 5.58. The van der Waals surface area contributed by atoms with Gasteiger partial charge < -0.3 is 9.64 Å². The molecule has 1 amide bonds. The van der Waals surface area contributed by atoms with Crippen LogP contribution >= 0.6 is 11.8 Å². The molecule has 0 saturated carbocycles. The molecule has 2 atom stereocenters. The summed E-state index contributed by atoms with van der Waals surface area (Å²) in [7, 11) is 3.55. The second-order valence-corrected chi connectivity index (χ2v) is 9.23. The van der Waals surface area contributed by atoms with E-state index in [-0.39, 0.29) is 11.9 Å². The fourth-order valence-corrected chi connectivity index (χ4v) is 5.23. The number of methoxy groups -OCH3 is 1. The molecular weight excluding hydrogens is 408 g/mol. The molecule has 0 unspecified atom stereocenters. The van der Waals surface area contributed by atoms with Crippen LogP contribution in [0.2, 0.25) is 0 Å². The van der Waals surface area contributed by atoms with Gasteiger partial charge in [-0.3, -0.25) is 14.8 Å². The summed E-state index contributed by atoms with van der Waals surface area (Å²) in [6.07, 6.45) is 2.54. The monoisotopic (exact) mass is 436 g/mol. The van der Waals surface area contributed by atoms with Crippen molar-refractivity contribution in [2.75, 3.05) is 20.7 Å². The fourth-order valence-electron chi connectivity index (χ4n) is 4.00. The van der Waals surface area contributed by atoms with Crippen LogP contribution in [0.4, 0.5) is 0 Å². The van der Waals surface area contributed by atoms with Crippen molar-refractivity contribution in [1.29, 1.82) is 0 Å². The SMILES string of the molecule is COc1ccc(S[C@@H]2C[C@@H](C(=O)N(C)Cc3ccn[nH]3)N(Cc3ccccc3)C2)cc1. The van der Waals surface area contributed by atoms with Crippen molar-refractivity contribution < 1.29 is 9.53 Å². The summed E-state index contributed by atoms with van der Waals surface area (Å²) >= 11 is 1.84. The van der Waals surface area contributed by atoms with Crippen molar-refractivity contribution in [3.63, 3.8) is 0 Å². The van der Waals surface area contributed by atoms with Gasteiger partial charge in [0.25, 0.3) is 0 Å². The molecule has 1 saturated heterocycles. The standard InChI is InChI=1S/C24H28N4O2S/c1-27(16-19-12-13-25-26-19)24(29)23-14-22(31-21-10-8-20(30-2)9-11-21)17-28(23)15-18-6-4-3-5-7-18/h3-13,22-23H,14-17H2,1-2H3,(H,25,26)/t22-,23+/m1/s1. The van der Waals surface area contributed by atoms with E-state index in [4.69, 9.17) is 4.74 Å². The van der Waals surface area contributed by atoms with Gasteiger partial charge in [0.1, 0.15) is 5.75 Å². The highest BCUT2D eigenvalue weighted by molar-refractivity contribution is 8.00. The van der Waals surface area contributed by atoms with Crippen LogP contribution in [0.15, 0.2) is 71.8 Å². The summed E-state index contributed by atoms with van der Waals surface area (Å²) in [6.45, 7) is 2.18. The van der Waals surface area contributed by atoms with E-state index in [2.05, 4.69) is 51.5 Å². The van der Waals surface area contributed by atoms with Crippen molar-refractivity contribution in [3.8, 4) is 5.75 Å². The Bertz CT molecular complexity index is 963. The van der Waals surface area contributed by atoms with Crippen molar-refractivity contribution in [2.24, 2.45) is 0 Å². The Hall–Kier alpha value is -2.77. The van der Waals surface area contributed by atoms with Crippen molar-refractivity contribution in [1.82, 2.24) is 20.0 Å². The Kier molecular flexibility index (Phi) is 6.94. The van der Waals surface area contributed by atoms with E-state index < -0.39 is 0 Å². The number of ether oxygens (including phenoxy) is 1. The zero-order chi connectivity index (χ0) is 21.6. The lowest BCUT2D eigenvalue weighted by Gasteiger charge is -2.27. The molecule has 1 aromatic heterocycles. The number of H-pyrrole nitrogens is 1. The number of hydrogen-bond acceptors (Lipinski definition) is 5. The molecule has 0 bridgehead atoms. The number of carbonyl (C=O) groups excluding carboxylic acids is 1. The van der Waals surface area contributed by atoms with Gasteiger partial charge in [-0.2, -0.15) is 5.10 Å². The van der Waals surface area contributed by atoms with Gasteiger partial charge in [0, 0.05) is 36.5 Å². The third-order valence-corrected chi connectivity index (χ3v) is 6.80. The molecule has 1 aliphatic rings. The van der Waals surface area contributed by atoms with Gasteiger partial charge in [-0.15, -0.1) is 11.8 Å². The maximum Gasteiger partial charge on any atom is 0.240 e. The summed E-state index contributed by atoms with van der Waals surface area (Å²) in [5, 5.41) is 7.29. The number of aromatic amines is 1. The Morgan fingerprint density at radius 1 is 1.19 bits per heavy atom. The number of aromatic nitrogens is 2. The van der Waals surface area contributed by atoms with Gasteiger partial charge in [-0.1, -0.05) is 30.3 Å². The number of likely N-dealkylation sites (N-methyl/N-ethyl adjacent to an activating group) is 1. The summed E-state index contributed by atoms with van der Waals surface area (Å²) in [4.78, 5) is 18.7. The summed E-state index contributed by atoms with van der Waals surface area (Å²) in [5.41, 5.74) is 2.17. The van der Waals surface area contributed by atoms with E-state index in [1.54, 1.807) is 18.2 Å². The largest absolute Gasteiger partial charge is 0.497 e. The van der Waals surface area contributed by atoms with Crippen LogP contribution in [0, 0.1) is 0 Å². The van der Waals surface area contributed by atoms with Gasteiger partial charge in [0.2, 0.25) is 5.91 Å². The van der Waals surface area contributed by atoms with E-state index in [1.165, 1.54) is 10.5 Å². The van der Waals surface area contributed by atoms with Crippen LogP contribution in [-0.2, 0) is 17.9 Å². The molecule has 2 aromatic carbocycles. The topological polar surface area (TPSA) is 61.5 Å². The van der Waals surface area contributed by atoms with Crippen LogP contribution in [0.5, 0.6) is 5.75 Å². The highest BCUT2D eigenvalue weighted by Crippen LogP contribution is 2.35. The first-order chi connectivity index (χ1) is 15.1. The Labute approximate surface area is 187 Å². The van der Waals surface area contributed by atoms with Crippen LogP contribution < -0.4 is 4.74 Å². The fraction of sp³-hybridized carbons (Fsp3) is 0.333. The van der Waals surface area contributed by atoms with Gasteiger partial charge >= 0.3 is 0 Å². The van der Waals surface area contributed by atoms with Gasteiger partial charge in [-0.25, -0.2) is 0 Å². The number of benzene rings is 2. The zero-order valence-electron chi connectivity index (χ0n) is 17.9. The first-order valence-electron chi connectivity index (χ1n) is 10.4. The third kappa shape index (κ3) is 5.48. The van der Waals surface area contributed by atoms with Crippen LogP contribution in [0.3, 0.4) is 0 Å². The second kappa shape index (κ2) is 10.0. The maximum atomic E-state index is 13.4. The molecule has 1 fully saturated rings. The Morgan fingerprint density at radius 2 is 1.97 bits per heavy atom. The normalized spacial score (nSPS) is 18.8. The van der Waals surface area contributed by atoms with Crippen LogP contribution in [-0.4, -0.2) is 57.9 Å². The lowest BCUT2D eigenvalue weighted by atomic mass is 10.1. The van der Waals surface area contributed by atoms with E-state index in [0.717, 1.165) is 31.0 Å². The molecule has 2 heterocycles. The summed E-state index contributed by atoms with van der Waals surface area (Å²) < 4.78 is 5.27. The lowest BCUT2D eigenvalue weighted by Crippen LogP contribution is -2.43. The molecule has 0 spiro atoms. The zero-order valence-corrected chi connectivity index (χ0v) is 18.7. The quantitative estimate of drug-likeness (QED) is 0.582. The lowest BCUT2D eigenvalue weighted by molar-refractivity contribution is -0.135. The van der Waals surface area contributed by atoms with E-state index >= 15 is 0 Å². The van der Waals surface area contributed by atoms with Gasteiger partial charge in [0.05, 0.1) is 25.4 Å². The molecule has 0 aliphatic carbocycles. The predicted octanol–water partition coefficient (Wildman–Crippen LogP) is 3.81. The molecule has 0 radical (unpaired) electrons. The molecule has 3 aromatic rings. The van der Waals surface area contributed by atoms with Gasteiger partial charge in [-0.05, 0) is 42.3 Å². The number of thioether (sulfide) groups is 1. The summed E-state index contributed by atoms with van der Waals surface area (Å²) in [6, 6.07) is 20.3. The number of hydrogen-bond donors (Lipinski definition) is 1. The highest BCUT2D eigenvalue weighted by Gasteiger charge is 2.38. The number of nitrogens with one attached hydrogen (secondary N) is 1. The maximum absolute atomic E-state index is 13.4. The molecule has 31 heavy (non-hydrogen) atoms. The molecule has 1 N–H and O–H groups in total. The molecule has 4 rings (SSSR count). The predicted molar refractivity (Wildman–Crippen MR) is 123 cm³/mol. The molecule has 7 heteroatoms. The molecule has 1 aliphatic heterocycles. The van der Waals surface area contributed by atoms with Crippen molar-refractivity contribution >= 4 is 17.7 Å². The minimum absolute atomic E-state index is 0.135. The number of carbonyl (C=O) groups is 1. The minimum atomic E-state index is -0.135. The molecule has 6 nitrogen and oxygen atoms in total. The first-order valence-corrected chi connectivity index (χ1v) is 11.3. The van der Waals surface area contributed by atoms with Crippen molar-refractivity contribution in [2.45, 2.75) is 35.7 Å². The smallest absolute Gasteiger partial charge is 0.240 e. The number of likely N-dealkylation sites (tertiary alicyclic amines) is 1.